The highest BCUT2D eigenvalue weighted by molar-refractivity contribution is 7.62. The van der Waals surface area contributed by atoms with E-state index in [9.17, 15) is 23.4 Å². The number of hydrogen-bond donors (Lipinski definition) is 2. The summed E-state index contributed by atoms with van der Waals surface area (Å²) in [5.41, 5.74) is 4.12. The van der Waals surface area contributed by atoms with Crippen LogP contribution in [-0.4, -0.2) is 32.9 Å². The van der Waals surface area contributed by atoms with Crippen LogP contribution in [0.3, 0.4) is 0 Å². The molecule has 176 valence electrons. The van der Waals surface area contributed by atoms with Gasteiger partial charge in [-0.05, 0) is 47.9 Å². The Morgan fingerprint density at radius 1 is 1.06 bits per heavy atom. The number of Topliss-reactive ketones (excluding diaryl/α,β-unsaturated/α-hetero) is 1. The maximum absolute atomic E-state index is 13.6. The molecule has 1 atom stereocenters. The molecule has 0 bridgehead atoms. The van der Waals surface area contributed by atoms with Crippen molar-refractivity contribution in [2.45, 2.75) is 26.2 Å². The van der Waals surface area contributed by atoms with Crippen LogP contribution in [0.15, 0.2) is 66.5 Å². The third-order valence-corrected chi connectivity index (χ3v) is 6.55. The van der Waals surface area contributed by atoms with Gasteiger partial charge in [-0.2, -0.15) is 0 Å². The van der Waals surface area contributed by atoms with Gasteiger partial charge in [0.05, 0.1) is 17.5 Å². The number of halogens is 1. The van der Waals surface area contributed by atoms with Gasteiger partial charge in [0.15, 0.2) is 5.78 Å². The van der Waals surface area contributed by atoms with Crippen molar-refractivity contribution >= 4 is 25.2 Å². The molecule has 3 aromatic rings. The molecule has 0 saturated carbocycles. The van der Waals surface area contributed by atoms with E-state index >= 15 is 0 Å². The molecule has 6 nitrogen and oxygen atoms in total. The predicted molar refractivity (Wildman–Crippen MR) is 130 cm³/mol. The van der Waals surface area contributed by atoms with Crippen molar-refractivity contribution < 1.29 is 28.5 Å². The largest absolute Gasteiger partial charge is 0.481 e. The standard InChI is InChI=1S/C26H25FNO5P/c1-17(2)23-15-24(18-6-4-3-5-7-18)28-26(19-8-10-20(27)11-9-19)22(23)12-13-34(32,33)16-21(29)14-25(30)31/h3-13,15,17H,14,16H2,1-2H3,(H,30,31)(H,32,33). The van der Waals surface area contributed by atoms with Crippen LogP contribution >= 0.6 is 7.37 Å². The normalized spacial score (nSPS) is 13.2. The summed E-state index contributed by atoms with van der Waals surface area (Å²) < 4.78 is 26.2. The smallest absolute Gasteiger partial charge is 0.310 e. The number of carbonyl (C=O) groups is 2. The summed E-state index contributed by atoms with van der Waals surface area (Å²) in [7, 11) is -4.09. The van der Waals surface area contributed by atoms with Gasteiger partial charge in [-0.1, -0.05) is 44.2 Å². The lowest BCUT2D eigenvalue weighted by molar-refractivity contribution is -0.139. The van der Waals surface area contributed by atoms with Crippen molar-refractivity contribution in [3.63, 3.8) is 0 Å². The lowest BCUT2D eigenvalue weighted by atomic mass is 9.92. The van der Waals surface area contributed by atoms with Gasteiger partial charge < -0.3 is 10.00 Å². The van der Waals surface area contributed by atoms with Gasteiger partial charge in [-0.15, -0.1) is 0 Å². The van der Waals surface area contributed by atoms with Gasteiger partial charge in [0.2, 0.25) is 7.37 Å². The second kappa shape index (κ2) is 10.7. The first-order chi connectivity index (χ1) is 16.1. The minimum absolute atomic E-state index is 0.0102. The van der Waals surface area contributed by atoms with Gasteiger partial charge in [-0.25, -0.2) is 9.37 Å². The first kappa shape index (κ1) is 25.2. The van der Waals surface area contributed by atoms with E-state index in [0.717, 1.165) is 16.9 Å². The Morgan fingerprint density at radius 2 is 1.71 bits per heavy atom. The number of nitrogens with zero attached hydrogens (tertiary/aromatic N) is 1. The highest BCUT2D eigenvalue weighted by Crippen LogP contribution is 2.44. The Morgan fingerprint density at radius 3 is 2.29 bits per heavy atom. The van der Waals surface area contributed by atoms with Crippen molar-refractivity contribution in [1.29, 1.82) is 0 Å². The summed E-state index contributed by atoms with van der Waals surface area (Å²) in [6.45, 7) is 3.95. The van der Waals surface area contributed by atoms with E-state index in [1.807, 2.05) is 50.2 Å². The fraction of sp³-hybridized carbons (Fsp3) is 0.192. The lowest BCUT2D eigenvalue weighted by Crippen LogP contribution is -2.10. The molecule has 0 radical (unpaired) electrons. The first-order valence-corrected chi connectivity index (χ1v) is 12.6. The number of aromatic nitrogens is 1. The topological polar surface area (TPSA) is 105 Å². The lowest BCUT2D eigenvalue weighted by Gasteiger charge is -2.17. The predicted octanol–water partition coefficient (Wildman–Crippen LogP) is 5.96. The zero-order valence-electron chi connectivity index (χ0n) is 18.8. The van der Waals surface area contributed by atoms with E-state index in [2.05, 4.69) is 0 Å². The van der Waals surface area contributed by atoms with E-state index in [-0.39, 0.29) is 5.92 Å². The average Bonchev–Trinajstić information content (AvgIpc) is 2.77. The zero-order valence-corrected chi connectivity index (χ0v) is 19.7. The van der Waals surface area contributed by atoms with Crippen molar-refractivity contribution in [1.82, 2.24) is 4.98 Å². The highest BCUT2D eigenvalue weighted by Gasteiger charge is 2.22. The Bertz CT molecular complexity index is 1270. The fourth-order valence-electron chi connectivity index (χ4n) is 3.53. The molecule has 1 aromatic heterocycles. The molecule has 0 saturated heterocycles. The van der Waals surface area contributed by atoms with Gasteiger partial charge in [-0.3, -0.25) is 14.2 Å². The molecule has 8 heteroatoms. The van der Waals surface area contributed by atoms with Crippen LogP contribution in [-0.2, 0) is 14.2 Å². The van der Waals surface area contributed by atoms with Crippen LogP contribution in [0.4, 0.5) is 4.39 Å². The van der Waals surface area contributed by atoms with Gasteiger partial charge in [0.25, 0.3) is 0 Å². The number of carbonyl (C=O) groups excluding carboxylic acids is 1. The van der Waals surface area contributed by atoms with Gasteiger partial charge in [0, 0.05) is 22.5 Å². The van der Waals surface area contributed by atoms with Crippen LogP contribution in [0.5, 0.6) is 0 Å². The number of pyridine rings is 1. The maximum Gasteiger partial charge on any atom is 0.310 e. The minimum Gasteiger partial charge on any atom is -0.481 e. The van der Waals surface area contributed by atoms with E-state index in [4.69, 9.17) is 10.1 Å². The molecule has 0 aliphatic carbocycles. The molecule has 2 N–H and O–H groups in total. The van der Waals surface area contributed by atoms with E-state index in [1.54, 1.807) is 12.1 Å². The monoisotopic (exact) mass is 481 g/mol. The van der Waals surface area contributed by atoms with E-state index in [1.165, 1.54) is 18.2 Å². The minimum atomic E-state index is -4.09. The van der Waals surface area contributed by atoms with Crippen LogP contribution < -0.4 is 0 Å². The van der Waals surface area contributed by atoms with Crippen LogP contribution in [0.2, 0.25) is 0 Å². The van der Waals surface area contributed by atoms with E-state index in [0.29, 0.717) is 22.5 Å². The molecule has 0 aliphatic rings. The van der Waals surface area contributed by atoms with Crippen LogP contribution in [0.1, 0.15) is 37.3 Å². The second-order valence-corrected chi connectivity index (χ2v) is 10.4. The van der Waals surface area contributed by atoms with Crippen molar-refractivity contribution in [2.24, 2.45) is 0 Å². The number of carboxylic acids is 1. The summed E-state index contributed by atoms with van der Waals surface area (Å²) in [5.74, 6) is -1.53. The Hall–Kier alpha value is -3.41. The molecule has 0 fully saturated rings. The highest BCUT2D eigenvalue weighted by atomic mass is 31.2. The Labute approximate surface area is 197 Å². The molecule has 2 aromatic carbocycles. The maximum atomic E-state index is 13.6. The molecule has 3 rings (SSSR count). The molecule has 0 spiro atoms. The summed E-state index contributed by atoms with van der Waals surface area (Å²) in [4.78, 5) is 37.6. The summed E-state index contributed by atoms with van der Waals surface area (Å²) >= 11 is 0. The van der Waals surface area contributed by atoms with Gasteiger partial charge in [0.1, 0.15) is 12.2 Å². The first-order valence-electron chi connectivity index (χ1n) is 10.7. The van der Waals surface area contributed by atoms with Crippen molar-refractivity contribution in [3.05, 3.63) is 83.4 Å². The molecular formula is C26H25FNO5P. The number of rotatable bonds is 9. The zero-order chi connectivity index (χ0) is 24.9. The van der Waals surface area contributed by atoms with Crippen LogP contribution in [0, 0.1) is 5.82 Å². The average molecular weight is 481 g/mol. The number of benzene rings is 2. The van der Waals surface area contributed by atoms with E-state index < -0.39 is 37.5 Å². The third-order valence-electron chi connectivity index (χ3n) is 5.13. The van der Waals surface area contributed by atoms with Crippen molar-refractivity contribution in [2.75, 3.05) is 6.16 Å². The fourth-order valence-corrected chi connectivity index (χ4v) is 4.64. The Kier molecular flexibility index (Phi) is 7.92. The van der Waals surface area contributed by atoms with Gasteiger partial charge >= 0.3 is 5.97 Å². The van der Waals surface area contributed by atoms with Crippen molar-refractivity contribution in [3.8, 4) is 22.5 Å². The summed E-state index contributed by atoms with van der Waals surface area (Å²) in [6.07, 6.45) is -0.136. The number of hydrogen-bond acceptors (Lipinski definition) is 4. The summed E-state index contributed by atoms with van der Waals surface area (Å²) in [5, 5.41) is 8.74. The quantitative estimate of drug-likeness (QED) is 0.289. The molecule has 1 heterocycles. The molecule has 1 unspecified atom stereocenters. The third kappa shape index (κ3) is 6.56. The Balaban J connectivity index is 2.15. The number of ketones is 1. The summed E-state index contributed by atoms with van der Waals surface area (Å²) in [6, 6.07) is 17.2. The molecular weight excluding hydrogens is 456 g/mol. The molecule has 0 amide bonds. The molecule has 34 heavy (non-hydrogen) atoms. The molecule has 0 aliphatic heterocycles. The number of carboxylic acid groups (broad SMARTS) is 1. The SMILES string of the molecule is CC(C)c1cc(-c2ccccc2)nc(-c2ccc(F)cc2)c1C=CP(=O)(O)CC(=O)CC(=O)O. The second-order valence-electron chi connectivity index (χ2n) is 8.23. The van der Waals surface area contributed by atoms with Crippen LogP contribution in [0.25, 0.3) is 28.6 Å². The number of aliphatic carboxylic acids is 1.